The molecule has 2 aromatic rings. The Morgan fingerprint density at radius 3 is 2.27 bits per heavy atom. The Hall–Kier alpha value is -1.51. The Balaban J connectivity index is 2.21. The zero-order chi connectivity index (χ0) is 22.3. The van der Waals surface area contributed by atoms with Crippen molar-refractivity contribution in [1.29, 1.82) is 0 Å². The minimum Gasteiger partial charge on any atom is -0.484 e. The molecule has 0 saturated heterocycles. The molecule has 5 nitrogen and oxygen atoms in total. The van der Waals surface area contributed by atoms with E-state index in [9.17, 15) is 9.59 Å². The normalized spacial score (nSPS) is 12.7. The van der Waals surface area contributed by atoms with E-state index < -0.39 is 6.04 Å². The first-order valence-corrected chi connectivity index (χ1v) is 11.5. The number of nitrogens with one attached hydrogen (secondary N) is 1. The summed E-state index contributed by atoms with van der Waals surface area (Å²) in [4.78, 5) is 27.2. The van der Waals surface area contributed by atoms with Crippen molar-refractivity contribution < 1.29 is 14.3 Å². The molecule has 0 aromatic heterocycles. The Bertz CT molecular complexity index is 857. The van der Waals surface area contributed by atoms with Gasteiger partial charge in [0.15, 0.2) is 6.61 Å². The van der Waals surface area contributed by atoms with E-state index in [1.807, 2.05) is 26.0 Å². The third-order valence-electron chi connectivity index (χ3n) is 4.73. The topological polar surface area (TPSA) is 58.6 Å². The predicted octanol–water partition coefficient (Wildman–Crippen LogP) is 5.31. The quantitative estimate of drug-likeness (QED) is 0.421. The highest BCUT2D eigenvalue weighted by Crippen LogP contribution is 2.26. The third kappa shape index (κ3) is 7.03. The van der Waals surface area contributed by atoms with Gasteiger partial charge in [-0.1, -0.05) is 36.2 Å². The first-order valence-electron chi connectivity index (χ1n) is 9.64. The lowest BCUT2D eigenvalue weighted by molar-refractivity contribution is -0.142. The van der Waals surface area contributed by atoms with Gasteiger partial charge in [0.1, 0.15) is 11.8 Å². The highest BCUT2D eigenvalue weighted by atomic mass is 127. The number of rotatable bonds is 9. The molecule has 0 bridgehead atoms. The van der Waals surface area contributed by atoms with Gasteiger partial charge in [0.25, 0.3) is 5.91 Å². The molecule has 162 valence electrons. The maximum atomic E-state index is 13.0. The van der Waals surface area contributed by atoms with Crippen LogP contribution in [0.2, 0.25) is 10.0 Å². The molecule has 0 saturated carbocycles. The van der Waals surface area contributed by atoms with Crippen molar-refractivity contribution in [2.75, 3.05) is 6.61 Å². The summed E-state index contributed by atoms with van der Waals surface area (Å²) < 4.78 is 6.71. The van der Waals surface area contributed by atoms with Gasteiger partial charge in [-0.05, 0) is 79.3 Å². The van der Waals surface area contributed by atoms with Crippen LogP contribution in [-0.4, -0.2) is 35.4 Å². The number of benzene rings is 2. The summed E-state index contributed by atoms with van der Waals surface area (Å²) in [5.74, 6) is 0.00248. The van der Waals surface area contributed by atoms with Gasteiger partial charge in [-0.15, -0.1) is 0 Å². The second-order valence-corrected chi connectivity index (χ2v) is 9.02. The van der Waals surface area contributed by atoms with Crippen LogP contribution in [-0.2, 0) is 16.1 Å². The lowest BCUT2D eigenvalue weighted by Crippen LogP contribution is -2.50. The van der Waals surface area contributed by atoms with Gasteiger partial charge in [0.05, 0.1) is 0 Å². The van der Waals surface area contributed by atoms with Gasteiger partial charge in [0, 0.05) is 31.8 Å². The molecule has 8 heteroatoms. The lowest BCUT2D eigenvalue weighted by Gasteiger charge is -2.30. The van der Waals surface area contributed by atoms with Crippen molar-refractivity contribution in [2.24, 2.45) is 0 Å². The molecule has 2 amide bonds. The van der Waals surface area contributed by atoms with E-state index in [1.165, 1.54) is 4.90 Å². The number of carbonyl (C=O) groups is 2. The molecular formula is C22H25Cl2IN2O3. The summed E-state index contributed by atoms with van der Waals surface area (Å²) in [6.07, 6.45) is 0.790. The van der Waals surface area contributed by atoms with Crippen LogP contribution in [0.3, 0.4) is 0 Å². The number of amides is 2. The molecule has 2 unspecified atom stereocenters. The highest BCUT2D eigenvalue weighted by Gasteiger charge is 2.28. The average molecular weight is 563 g/mol. The largest absolute Gasteiger partial charge is 0.484 e. The number of nitrogens with zero attached hydrogens (tertiary/aromatic N) is 1. The second kappa shape index (κ2) is 11.8. The summed E-state index contributed by atoms with van der Waals surface area (Å²) in [5.41, 5.74) is 0.589. The molecule has 2 atom stereocenters. The molecule has 0 aliphatic rings. The Kier molecular flexibility index (Phi) is 9.71. The fourth-order valence-corrected chi connectivity index (χ4v) is 3.54. The van der Waals surface area contributed by atoms with E-state index in [1.54, 1.807) is 37.3 Å². The monoisotopic (exact) mass is 562 g/mol. The third-order valence-corrected chi connectivity index (χ3v) is 6.16. The summed E-state index contributed by atoms with van der Waals surface area (Å²) in [6.45, 7) is 5.48. The van der Waals surface area contributed by atoms with Gasteiger partial charge in [-0.25, -0.2) is 0 Å². The average Bonchev–Trinajstić information content (AvgIpc) is 2.72. The van der Waals surface area contributed by atoms with Crippen LogP contribution in [0.25, 0.3) is 0 Å². The summed E-state index contributed by atoms with van der Waals surface area (Å²) in [6, 6.07) is 11.8. The SMILES string of the molecule is CCC(C)NC(=O)C(C)N(Cc1c(Cl)cccc1Cl)C(=O)COc1ccc(I)cc1. The van der Waals surface area contributed by atoms with Crippen LogP contribution in [0.1, 0.15) is 32.8 Å². The van der Waals surface area contributed by atoms with Crippen LogP contribution >= 0.6 is 45.8 Å². The number of hydrogen-bond acceptors (Lipinski definition) is 3. The minimum atomic E-state index is -0.723. The second-order valence-electron chi connectivity index (χ2n) is 6.96. The number of hydrogen-bond donors (Lipinski definition) is 1. The molecule has 0 aliphatic heterocycles. The number of carbonyl (C=O) groups excluding carboxylic acids is 2. The van der Waals surface area contributed by atoms with Gasteiger partial charge in [-0.3, -0.25) is 9.59 Å². The fraction of sp³-hybridized carbons (Fsp3) is 0.364. The van der Waals surface area contributed by atoms with Crippen molar-refractivity contribution in [3.05, 3.63) is 61.6 Å². The van der Waals surface area contributed by atoms with Crippen molar-refractivity contribution >= 4 is 57.6 Å². The molecule has 2 aromatic carbocycles. The van der Waals surface area contributed by atoms with Crippen LogP contribution in [0, 0.1) is 3.57 Å². The zero-order valence-electron chi connectivity index (χ0n) is 17.1. The van der Waals surface area contributed by atoms with Crippen LogP contribution in [0.5, 0.6) is 5.75 Å². The van der Waals surface area contributed by atoms with Crippen molar-refractivity contribution in [3.63, 3.8) is 0 Å². The van der Waals surface area contributed by atoms with Crippen LogP contribution < -0.4 is 10.1 Å². The van der Waals surface area contributed by atoms with Crippen LogP contribution in [0.15, 0.2) is 42.5 Å². The molecule has 1 N–H and O–H groups in total. The zero-order valence-corrected chi connectivity index (χ0v) is 20.8. The Labute approximate surface area is 201 Å². The molecule has 0 heterocycles. The van der Waals surface area contributed by atoms with Gasteiger partial charge in [-0.2, -0.15) is 0 Å². The minimum absolute atomic E-state index is 0.00356. The Morgan fingerprint density at radius 1 is 1.10 bits per heavy atom. The molecular weight excluding hydrogens is 538 g/mol. The van der Waals surface area contributed by atoms with Crippen molar-refractivity contribution in [3.8, 4) is 5.75 Å². The van der Waals surface area contributed by atoms with Gasteiger partial charge in [0.2, 0.25) is 5.91 Å². The lowest BCUT2D eigenvalue weighted by atomic mass is 10.1. The Morgan fingerprint density at radius 2 is 1.70 bits per heavy atom. The van der Waals surface area contributed by atoms with Gasteiger partial charge >= 0.3 is 0 Å². The molecule has 0 fully saturated rings. The smallest absolute Gasteiger partial charge is 0.261 e. The van der Waals surface area contributed by atoms with E-state index in [4.69, 9.17) is 27.9 Å². The maximum absolute atomic E-state index is 13.0. The van der Waals surface area contributed by atoms with E-state index in [0.29, 0.717) is 21.4 Å². The highest BCUT2D eigenvalue weighted by molar-refractivity contribution is 14.1. The predicted molar refractivity (Wildman–Crippen MR) is 129 cm³/mol. The van der Waals surface area contributed by atoms with E-state index in [2.05, 4.69) is 27.9 Å². The fourth-order valence-electron chi connectivity index (χ4n) is 2.66. The molecule has 0 radical (unpaired) electrons. The number of halogens is 3. The summed E-state index contributed by atoms with van der Waals surface area (Å²) in [5, 5.41) is 3.80. The van der Waals surface area contributed by atoms with Crippen LogP contribution in [0.4, 0.5) is 0 Å². The first-order chi connectivity index (χ1) is 14.2. The molecule has 30 heavy (non-hydrogen) atoms. The first kappa shape index (κ1) is 24.8. The maximum Gasteiger partial charge on any atom is 0.261 e. The molecule has 2 rings (SSSR count). The van der Waals surface area contributed by atoms with E-state index >= 15 is 0 Å². The van der Waals surface area contributed by atoms with E-state index in [0.717, 1.165) is 9.99 Å². The summed E-state index contributed by atoms with van der Waals surface area (Å²) in [7, 11) is 0. The summed E-state index contributed by atoms with van der Waals surface area (Å²) >= 11 is 14.8. The van der Waals surface area contributed by atoms with E-state index in [-0.39, 0.29) is 31.0 Å². The number of ether oxygens (including phenoxy) is 1. The standard InChI is InChI=1S/C22H25Cl2IN2O3/c1-4-14(2)26-22(29)15(3)27(12-18-19(23)6-5-7-20(18)24)21(28)13-30-17-10-8-16(25)9-11-17/h5-11,14-15H,4,12-13H2,1-3H3,(H,26,29). The van der Waals surface area contributed by atoms with Crippen molar-refractivity contribution in [2.45, 2.75) is 45.8 Å². The van der Waals surface area contributed by atoms with Gasteiger partial charge < -0.3 is 15.0 Å². The molecule has 0 aliphatic carbocycles. The molecule has 0 spiro atoms. The van der Waals surface area contributed by atoms with Crippen molar-refractivity contribution in [1.82, 2.24) is 10.2 Å².